The van der Waals surface area contributed by atoms with Crippen molar-refractivity contribution in [2.45, 2.75) is 25.3 Å². The Bertz CT molecular complexity index is 463. The Morgan fingerprint density at radius 1 is 1.47 bits per heavy atom. The summed E-state index contributed by atoms with van der Waals surface area (Å²) in [7, 11) is 0. The summed E-state index contributed by atoms with van der Waals surface area (Å²) in [6.07, 6.45) is -0.286. The van der Waals surface area contributed by atoms with E-state index in [1.54, 1.807) is 18.2 Å². The predicted molar refractivity (Wildman–Crippen MR) is 70.2 cm³/mol. The lowest BCUT2D eigenvalue weighted by atomic mass is 9.77. The van der Waals surface area contributed by atoms with Crippen LogP contribution in [0.1, 0.15) is 24.8 Å². The lowest BCUT2D eigenvalue weighted by molar-refractivity contribution is 0.0493. The van der Waals surface area contributed by atoms with E-state index in [0.717, 1.165) is 5.56 Å². The first-order valence-corrected chi connectivity index (χ1v) is 6.44. The molecular formula is C14H19NO4. The molecule has 19 heavy (non-hydrogen) atoms. The minimum atomic E-state index is -0.944. The van der Waals surface area contributed by atoms with E-state index in [0.29, 0.717) is 13.0 Å². The number of phenolic OH excluding ortho intramolecular Hbond substituents is 1. The third-order valence-corrected chi connectivity index (χ3v) is 4.06. The topological polar surface area (TPSA) is 81.0 Å². The lowest BCUT2D eigenvalue weighted by Crippen LogP contribution is -2.50. The van der Waals surface area contributed by atoms with Gasteiger partial charge in [-0.1, -0.05) is 12.1 Å². The molecule has 1 aliphatic rings. The van der Waals surface area contributed by atoms with Crippen molar-refractivity contribution in [1.29, 1.82) is 0 Å². The molecule has 3 N–H and O–H groups in total. The van der Waals surface area contributed by atoms with Crippen LogP contribution in [0.25, 0.3) is 0 Å². The molecule has 1 aliphatic heterocycles. The van der Waals surface area contributed by atoms with Crippen molar-refractivity contribution in [1.82, 2.24) is 4.90 Å². The van der Waals surface area contributed by atoms with Crippen molar-refractivity contribution < 1.29 is 20.1 Å². The van der Waals surface area contributed by atoms with Crippen LogP contribution in [0.3, 0.4) is 0 Å². The van der Waals surface area contributed by atoms with Gasteiger partial charge in [-0.05, 0) is 37.0 Å². The van der Waals surface area contributed by atoms with Crippen molar-refractivity contribution in [3.05, 3.63) is 29.8 Å². The van der Waals surface area contributed by atoms with Gasteiger partial charge in [-0.25, -0.2) is 4.79 Å². The van der Waals surface area contributed by atoms with Gasteiger partial charge in [0, 0.05) is 25.1 Å². The van der Waals surface area contributed by atoms with Gasteiger partial charge in [0.05, 0.1) is 0 Å². The molecule has 1 heterocycles. The summed E-state index contributed by atoms with van der Waals surface area (Å²) >= 11 is 0. The summed E-state index contributed by atoms with van der Waals surface area (Å²) in [6.45, 7) is 2.21. The Labute approximate surface area is 112 Å². The van der Waals surface area contributed by atoms with Crippen LogP contribution >= 0.6 is 0 Å². The van der Waals surface area contributed by atoms with Gasteiger partial charge < -0.3 is 20.2 Å². The molecule has 0 radical (unpaired) electrons. The number of likely N-dealkylation sites (tertiary alicyclic amines) is 1. The van der Waals surface area contributed by atoms with E-state index in [4.69, 9.17) is 5.11 Å². The quantitative estimate of drug-likeness (QED) is 0.762. The third-order valence-electron chi connectivity index (χ3n) is 4.06. The standard InChI is InChI=1S/C14H19NO4/c1-9-13(8-16)12(5-6-15(9)14(18)19)10-3-2-4-11(17)7-10/h2-4,7,9,12-13,16-17H,5-6,8H2,1H3,(H,18,19). The summed E-state index contributed by atoms with van der Waals surface area (Å²) in [6, 6.07) is 6.75. The second-order valence-electron chi connectivity index (χ2n) is 5.05. The number of aliphatic hydroxyl groups excluding tert-OH is 1. The zero-order valence-corrected chi connectivity index (χ0v) is 10.9. The maximum Gasteiger partial charge on any atom is 0.407 e. The lowest BCUT2D eigenvalue weighted by Gasteiger charge is -2.42. The SMILES string of the molecule is CC1C(CO)C(c2cccc(O)c2)CCN1C(=O)O. The maximum absolute atomic E-state index is 11.1. The molecule has 5 nitrogen and oxygen atoms in total. The average Bonchev–Trinajstić information content (AvgIpc) is 2.37. The fraction of sp³-hybridized carbons (Fsp3) is 0.500. The molecule has 0 aromatic heterocycles. The van der Waals surface area contributed by atoms with E-state index in [1.807, 2.05) is 13.0 Å². The number of aliphatic hydroxyl groups is 1. The van der Waals surface area contributed by atoms with Crippen molar-refractivity contribution in [3.63, 3.8) is 0 Å². The predicted octanol–water partition coefficient (Wildman–Crippen LogP) is 1.86. The second-order valence-corrected chi connectivity index (χ2v) is 5.05. The third kappa shape index (κ3) is 2.66. The molecule has 0 bridgehead atoms. The van der Waals surface area contributed by atoms with Gasteiger partial charge in [0.2, 0.25) is 0 Å². The number of nitrogens with zero attached hydrogens (tertiary/aromatic N) is 1. The van der Waals surface area contributed by atoms with Crippen LogP contribution in [0.5, 0.6) is 5.75 Å². The van der Waals surface area contributed by atoms with Crippen molar-refractivity contribution in [3.8, 4) is 5.75 Å². The molecule has 104 valence electrons. The van der Waals surface area contributed by atoms with E-state index in [2.05, 4.69) is 0 Å². The molecule has 1 aromatic rings. The van der Waals surface area contributed by atoms with Crippen molar-refractivity contribution in [2.24, 2.45) is 5.92 Å². The van der Waals surface area contributed by atoms with E-state index in [1.165, 1.54) is 4.90 Å². The van der Waals surface area contributed by atoms with Gasteiger partial charge in [-0.2, -0.15) is 0 Å². The van der Waals surface area contributed by atoms with Crippen LogP contribution in [-0.4, -0.2) is 45.5 Å². The number of phenols is 1. The van der Waals surface area contributed by atoms with Gasteiger partial charge in [0.15, 0.2) is 0 Å². The number of piperidine rings is 1. The molecule has 0 spiro atoms. The number of rotatable bonds is 2. The summed E-state index contributed by atoms with van der Waals surface area (Å²) in [5, 5.41) is 28.2. The van der Waals surface area contributed by atoms with Crippen LogP contribution in [0.2, 0.25) is 0 Å². The molecule has 1 amide bonds. The highest BCUT2D eigenvalue weighted by Crippen LogP contribution is 2.37. The normalized spacial score (nSPS) is 27.3. The molecule has 3 unspecified atom stereocenters. The van der Waals surface area contributed by atoms with Crippen LogP contribution in [-0.2, 0) is 0 Å². The minimum Gasteiger partial charge on any atom is -0.508 e. The Balaban J connectivity index is 2.25. The summed E-state index contributed by atoms with van der Waals surface area (Å²) in [5.41, 5.74) is 0.955. The minimum absolute atomic E-state index is 0.0642. The molecule has 0 saturated carbocycles. The highest BCUT2D eigenvalue weighted by atomic mass is 16.4. The zero-order valence-electron chi connectivity index (χ0n) is 10.9. The Morgan fingerprint density at radius 3 is 2.79 bits per heavy atom. The fourth-order valence-electron chi connectivity index (χ4n) is 2.98. The van der Waals surface area contributed by atoms with E-state index >= 15 is 0 Å². The highest BCUT2D eigenvalue weighted by Gasteiger charge is 2.37. The number of carbonyl (C=O) groups is 1. The molecule has 1 aromatic carbocycles. The maximum atomic E-state index is 11.1. The molecular weight excluding hydrogens is 246 g/mol. The first kappa shape index (κ1) is 13.7. The average molecular weight is 265 g/mol. The smallest absolute Gasteiger partial charge is 0.407 e. The van der Waals surface area contributed by atoms with Crippen LogP contribution in [0.15, 0.2) is 24.3 Å². The van der Waals surface area contributed by atoms with Crippen molar-refractivity contribution in [2.75, 3.05) is 13.2 Å². The highest BCUT2D eigenvalue weighted by molar-refractivity contribution is 5.65. The van der Waals surface area contributed by atoms with E-state index < -0.39 is 6.09 Å². The van der Waals surface area contributed by atoms with Gasteiger partial charge in [0.1, 0.15) is 5.75 Å². The molecule has 2 rings (SSSR count). The monoisotopic (exact) mass is 265 g/mol. The Hall–Kier alpha value is -1.75. The van der Waals surface area contributed by atoms with Crippen LogP contribution in [0, 0.1) is 5.92 Å². The first-order valence-electron chi connectivity index (χ1n) is 6.44. The summed E-state index contributed by atoms with van der Waals surface area (Å²) < 4.78 is 0. The van der Waals surface area contributed by atoms with Gasteiger partial charge in [-0.15, -0.1) is 0 Å². The van der Waals surface area contributed by atoms with Crippen LogP contribution < -0.4 is 0 Å². The summed E-state index contributed by atoms with van der Waals surface area (Å²) in [5.74, 6) is 0.122. The molecule has 1 saturated heterocycles. The first-order chi connectivity index (χ1) is 9.04. The van der Waals surface area contributed by atoms with Gasteiger partial charge in [-0.3, -0.25) is 0 Å². The van der Waals surface area contributed by atoms with Crippen molar-refractivity contribution >= 4 is 6.09 Å². The number of carboxylic acid groups (broad SMARTS) is 1. The Kier molecular flexibility index (Phi) is 3.95. The molecule has 0 aliphatic carbocycles. The van der Waals surface area contributed by atoms with E-state index in [-0.39, 0.29) is 30.2 Å². The number of hydrogen-bond acceptors (Lipinski definition) is 3. The van der Waals surface area contributed by atoms with Gasteiger partial charge >= 0.3 is 6.09 Å². The number of benzene rings is 1. The Morgan fingerprint density at radius 2 is 2.21 bits per heavy atom. The summed E-state index contributed by atoms with van der Waals surface area (Å²) in [4.78, 5) is 12.5. The molecule has 1 fully saturated rings. The van der Waals surface area contributed by atoms with E-state index in [9.17, 15) is 15.0 Å². The fourth-order valence-corrected chi connectivity index (χ4v) is 2.98. The molecule has 3 atom stereocenters. The largest absolute Gasteiger partial charge is 0.508 e. The van der Waals surface area contributed by atoms with Crippen LogP contribution in [0.4, 0.5) is 4.79 Å². The zero-order chi connectivity index (χ0) is 14.0. The van der Waals surface area contributed by atoms with Gasteiger partial charge in [0.25, 0.3) is 0 Å². The second kappa shape index (κ2) is 5.48. The number of aromatic hydroxyl groups is 1. The number of amides is 1. The molecule has 5 heteroatoms. The number of hydrogen-bond donors (Lipinski definition) is 3.